The summed E-state index contributed by atoms with van der Waals surface area (Å²) in [7, 11) is 0. The molecule has 0 saturated heterocycles. The van der Waals surface area contributed by atoms with E-state index in [2.05, 4.69) is 24.1 Å². The third kappa shape index (κ3) is 4.03. The van der Waals surface area contributed by atoms with Crippen LogP contribution in [-0.2, 0) is 4.79 Å². The van der Waals surface area contributed by atoms with Gasteiger partial charge in [0, 0.05) is 24.2 Å². The van der Waals surface area contributed by atoms with Crippen LogP contribution in [-0.4, -0.2) is 20.9 Å². The number of fused-ring (bicyclic) bond motifs is 1. The molecule has 7 heteroatoms. The minimum absolute atomic E-state index is 0.131. The van der Waals surface area contributed by atoms with Crippen LogP contribution in [0.25, 0.3) is 10.9 Å². The summed E-state index contributed by atoms with van der Waals surface area (Å²) >= 11 is 0. The number of pyridine rings is 1. The van der Waals surface area contributed by atoms with Gasteiger partial charge in [0.1, 0.15) is 11.3 Å². The lowest BCUT2D eigenvalue weighted by Gasteiger charge is -2.22. The number of non-ortho nitro benzene ring substituents is 1. The molecule has 0 aliphatic carbocycles. The van der Waals surface area contributed by atoms with Gasteiger partial charge in [0.15, 0.2) is 0 Å². The fourth-order valence-electron chi connectivity index (χ4n) is 3.28. The van der Waals surface area contributed by atoms with E-state index in [9.17, 15) is 20.0 Å². The number of phenolic OH excluding ortho intramolecular Hbond substituents is 1. The summed E-state index contributed by atoms with van der Waals surface area (Å²) in [5.74, 6) is -0.0706. The molecule has 1 aromatic heterocycles. The zero-order valence-corrected chi connectivity index (χ0v) is 16.5. The first-order chi connectivity index (χ1) is 13.8. The van der Waals surface area contributed by atoms with Crippen LogP contribution in [0.1, 0.15) is 55.8 Å². The number of hydrogen-bond donors (Lipinski definition) is 2. The summed E-state index contributed by atoms with van der Waals surface area (Å²) in [6.45, 7) is 5.88. The van der Waals surface area contributed by atoms with Gasteiger partial charge in [0.25, 0.3) is 5.69 Å². The van der Waals surface area contributed by atoms with Crippen molar-refractivity contribution >= 4 is 22.5 Å². The second kappa shape index (κ2) is 8.26. The zero-order chi connectivity index (χ0) is 21.1. The Morgan fingerprint density at radius 1 is 1.21 bits per heavy atom. The minimum Gasteiger partial charge on any atom is -0.505 e. The lowest BCUT2D eigenvalue weighted by atomic mass is 9.93. The van der Waals surface area contributed by atoms with Gasteiger partial charge < -0.3 is 10.4 Å². The molecule has 0 saturated carbocycles. The number of nitro benzene ring substituents is 1. The maximum absolute atomic E-state index is 12.2. The molecule has 1 amide bonds. The molecule has 0 radical (unpaired) electrons. The summed E-state index contributed by atoms with van der Waals surface area (Å²) in [6, 6.07) is 11.3. The topological polar surface area (TPSA) is 105 Å². The van der Waals surface area contributed by atoms with Gasteiger partial charge in [0.05, 0.1) is 16.4 Å². The Morgan fingerprint density at radius 2 is 1.86 bits per heavy atom. The van der Waals surface area contributed by atoms with Crippen molar-refractivity contribution in [1.82, 2.24) is 10.3 Å². The molecule has 150 valence electrons. The lowest BCUT2D eigenvalue weighted by Crippen LogP contribution is -2.28. The fraction of sp³-hybridized carbons (Fsp3) is 0.273. The van der Waals surface area contributed by atoms with Gasteiger partial charge in [-0.3, -0.25) is 19.9 Å². The Morgan fingerprint density at radius 3 is 2.45 bits per heavy atom. The number of nitrogens with one attached hydrogen (secondary N) is 1. The summed E-state index contributed by atoms with van der Waals surface area (Å²) in [6.07, 6.45) is 1.71. The summed E-state index contributed by atoms with van der Waals surface area (Å²) < 4.78 is 0. The van der Waals surface area contributed by atoms with Crippen LogP contribution in [0.5, 0.6) is 5.75 Å². The Hall–Kier alpha value is -3.48. The van der Waals surface area contributed by atoms with Crippen LogP contribution in [0.2, 0.25) is 0 Å². The molecule has 3 aromatic rings. The third-order valence-corrected chi connectivity index (χ3v) is 4.94. The first-order valence-corrected chi connectivity index (χ1v) is 9.47. The molecule has 2 N–H and O–H groups in total. The highest BCUT2D eigenvalue weighted by molar-refractivity contribution is 5.94. The maximum Gasteiger partial charge on any atom is 0.279 e. The van der Waals surface area contributed by atoms with Crippen molar-refractivity contribution < 1.29 is 14.8 Å². The Bertz CT molecular complexity index is 1060. The quantitative estimate of drug-likeness (QED) is 0.471. The van der Waals surface area contributed by atoms with Crippen LogP contribution < -0.4 is 5.32 Å². The number of benzene rings is 2. The molecule has 0 bridgehead atoms. The van der Waals surface area contributed by atoms with E-state index in [1.165, 1.54) is 12.3 Å². The van der Waals surface area contributed by atoms with Gasteiger partial charge in [-0.2, -0.15) is 0 Å². The van der Waals surface area contributed by atoms with Crippen molar-refractivity contribution in [2.75, 3.05) is 0 Å². The highest BCUT2D eigenvalue weighted by atomic mass is 16.6. The van der Waals surface area contributed by atoms with E-state index in [0.29, 0.717) is 5.92 Å². The molecule has 29 heavy (non-hydrogen) atoms. The molecule has 0 spiro atoms. The predicted octanol–water partition coefficient (Wildman–Crippen LogP) is 4.59. The van der Waals surface area contributed by atoms with Gasteiger partial charge in [-0.05, 0) is 29.2 Å². The molecule has 1 atom stereocenters. The molecule has 2 aromatic carbocycles. The van der Waals surface area contributed by atoms with Gasteiger partial charge in [-0.1, -0.05) is 45.0 Å². The molecule has 7 nitrogen and oxygen atoms in total. The first-order valence-electron chi connectivity index (χ1n) is 9.47. The summed E-state index contributed by atoms with van der Waals surface area (Å²) in [4.78, 5) is 27.5. The van der Waals surface area contributed by atoms with Gasteiger partial charge >= 0.3 is 0 Å². The van der Waals surface area contributed by atoms with Crippen LogP contribution in [0.4, 0.5) is 5.69 Å². The molecule has 0 aliphatic rings. The van der Waals surface area contributed by atoms with E-state index < -0.39 is 11.0 Å². The van der Waals surface area contributed by atoms with E-state index in [-0.39, 0.29) is 40.2 Å². The normalized spacial score (nSPS) is 12.1. The smallest absolute Gasteiger partial charge is 0.279 e. The fourth-order valence-corrected chi connectivity index (χ4v) is 3.28. The average molecular weight is 393 g/mol. The highest BCUT2D eigenvalue weighted by Crippen LogP contribution is 2.39. The molecule has 0 unspecified atom stereocenters. The van der Waals surface area contributed by atoms with E-state index >= 15 is 0 Å². The number of aromatic nitrogens is 1. The predicted molar refractivity (Wildman–Crippen MR) is 111 cm³/mol. The van der Waals surface area contributed by atoms with Gasteiger partial charge in [-0.25, -0.2) is 0 Å². The molecular weight excluding hydrogens is 370 g/mol. The molecular formula is C22H23N3O4. The number of hydrogen-bond acceptors (Lipinski definition) is 5. The summed E-state index contributed by atoms with van der Waals surface area (Å²) in [5.41, 5.74) is 2.05. The monoisotopic (exact) mass is 393 g/mol. The van der Waals surface area contributed by atoms with Crippen molar-refractivity contribution in [2.24, 2.45) is 0 Å². The number of rotatable bonds is 6. The van der Waals surface area contributed by atoms with Crippen LogP contribution >= 0.6 is 0 Å². The second-order valence-corrected chi connectivity index (χ2v) is 7.17. The SMILES string of the molecule is CCC(=O)N[C@H](c1ccc(C(C)C)cc1)c1cc([N+](=O)[O-])c2cccnc2c1O. The van der Waals surface area contributed by atoms with E-state index in [4.69, 9.17) is 0 Å². The largest absolute Gasteiger partial charge is 0.505 e. The van der Waals surface area contributed by atoms with Crippen molar-refractivity contribution in [3.8, 4) is 5.75 Å². The number of nitro groups is 1. The number of aromatic hydroxyl groups is 1. The molecule has 0 fully saturated rings. The van der Waals surface area contributed by atoms with Crippen molar-refractivity contribution in [1.29, 1.82) is 0 Å². The first kappa shape index (κ1) is 20.3. The van der Waals surface area contributed by atoms with E-state index in [0.717, 1.165) is 11.1 Å². The maximum atomic E-state index is 12.2. The number of carbonyl (C=O) groups is 1. The Kier molecular flexibility index (Phi) is 5.77. The lowest BCUT2D eigenvalue weighted by molar-refractivity contribution is -0.383. The third-order valence-electron chi connectivity index (χ3n) is 4.94. The molecule has 0 aliphatic heterocycles. The van der Waals surface area contributed by atoms with Crippen molar-refractivity contribution in [3.05, 3.63) is 75.5 Å². The standard InChI is InChI=1S/C22H23N3O4/c1-4-19(26)24-20(15-9-7-14(8-10-15)13(2)3)17-12-18(25(28)29)16-6-5-11-23-21(16)22(17)27/h5-13,20,27H,4H2,1-3H3,(H,24,26)/t20-/m1/s1. The van der Waals surface area contributed by atoms with Gasteiger partial charge in [0.2, 0.25) is 5.91 Å². The van der Waals surface area contributed by atoms with Gasteiger partial charge in [-0.15, -0.1) is 0 Å². The highest BCUT2D eigenvalue weighted by Gasteiger charge is 2.26. The minimum atomic E-state index is -0.742. The number of amides is 1. The zero-order valence-electron chi connectivity index (χ0n) is 16.5. The number of phenols is 1. The van der Waals surface area contributed by atoms with Crippen molar-refractivity contribution in [2.45, 2.75) is 39.2 Å². The van der Waals surface area contributed by atoms with Crippen LogP contribution in [0.3, 0.4) is 0 Å². The average Bonchev–Trinajstić information content (AvgIpc) is 2.72. The Balaban J connectivity index is 2.22. The Labute approximate surface area is 168 Å². The van der Waals surface area contributed by atoms with Crippen molar-refractivity contribution in [3.63, 3.8) is 0 Å². The second-order valence-electron chi connectivity index (χ2n) is 7.17. The van der Waals surface area contributed by atoms with E-state index in [1.54, 1.807) is 19.1 Å². The number of nitrogens with zero attached hydrogens (tertiary/aromatic N) is 2. The molecule has 1 heterocycles. The number of carbonyl (C=O) groups excluding carboxylic acids is 1. The summed E-state index contributed by atoms with van der Waals surface area (Å²) in [5, 5.41) is 25.6. The van der Waals surface area contributed by atoms with Crippen LogP contribution in [0.15, 0.2) is 48.7 Å². The van der Waals surface area contributed by atoms with Crippen LogP contribution in [0, 0.1) is 10.1 Å². The van der Waals surface area contributed by atoms with E-state index in [1.807, 2.05) is 24.3 Å². The molecule has 3 rings (SSSR count).